The minimum Gasteiger partial charge on any atom is -0.313 e. The molecule has 3 rings (SSSR count). The lowest BCUT2D eigenvalue weighted by atomic mass is 10.2. The topological polar surface area (TPSA) is 50.7 Å². The highest BCUT2D eigenvalue weighted by molar-refractivity contribution is 5.76. The Hall–Kier alpha value is -2.57. The third-order valence-corrected chi connectivity index (χ3v) is 2.96. The second kappa shape index (κ2) is 4.22. The van der Waals surface area contributed by atoms with Crippen LogP contribution in [-0.2, 0) is 6.18 Å². The maximum absolute atomic E-state index is 12.5. The van der Waals surface area contributed by atoms with Gasteiger partial charge in [-0.25, -0.2) is 4.98 Å². The third kappa shape index (κ3) is 1.97. The molecule has 0 aliphatic heterocycles. The Balaban J connectivity index is 2.12. The molecule has 102 valence electrons. The number of rotatable bonds is 1. The molecule has 0 aliphatic rings. The van der Waals surface area contributed by atoms with E-state index < -0.39 is 11.7 Å². The number of hydrogen-bond acceptors (Lipinski definition) is 2. The summed E-state index contributed by atoms with van der Waals surface area (Å²) in [6.07, 6.45) is -1.52. The van der Waals surface area contributed by atoms with Gasteiger partial charge in [-0.15, -0.1) is 0 Å². The molecule has 0 unspecified atom stereocenters. The average Bonchev–Trinajstić information content (AvgIpc) is 2.83. The van der Waals surface area contributed by atoms with Crippen molar-refractivity contribution in [3.63, 3.8) is 0 Å². The zero-order valence-electron chi connectivity index (χ0n) is 9.98. The molecule has 2 heterocycles. The van der Waals surface area contributed by atoms with Crippen LogP contribution in [0.3, 0.4) is 0 Å². The number of nitrogens with one attached hydrogen (secondary N) is 1. The summed E-state index contributed by atoms with van der Waals surface area (Å²) in [6.45, 7) is 0. The largest absolute Gasteiger partial charge is 0.416 e. The standard InChI is InChI=1S/C13H8F3N3O/c14-13(15,16)8-1-3-9(4-2-8)19-6-5-10-11(19)17-7-18-12(10)20/h1-7H,(H,17,18,20). The van der Waals surface area contributed by atoms with Crippen LogP contribution in [-0.4, -0.2) is 14.5 Å². The van der Waals surface area contributed by atoms with E-state index in [4.69, 9.17) is 0 Å². The highest BCUT2D eigenvalue weighted by Gasteiger charge is 2.30. The van der Waals surface area contributed by atoms with Gasteiger partial charge in [-0.05, 0) is 30.3 Å². The van der Waals surface area contributed by atoms with Gasteiger partial charge in [-0.2, -0.15) is 13.2 Å². The van der Waals surface area contributed by atoms with Gasteiger partial charge in [0.25, 0.3) is 5.56 Å². The summed E-state index contributed by atoms with van der Waals surface area (Å²) in [5.74, 6) is 0. The first-order valence-electron chi connectivity index (χ1n) is 5.69. The van der Waals surface area contributed by atoms with Crippen LogP contribution in [0.25, 0.3) is 16.7 Å². The molecule has 2 aromatic heterocycles. The van der Waals surface area contributed by atoms with E-state index in [1.165, 1.54) is 18.5 Å². The van der Waals surface area contributed by atoms with Crippen LogP contribution in [0.15, 0.2) is 47.7 Å². The maximum atomic E-state index is 12.5. The Morgan fingerprint density at radius 2 is 1.80 bits per heavy atom. The number of nitrogens with zero attached hydrogens (tertiary/aromatic N) is 2. The third-order valence-electron chi connectivity index (χ3n) is 2.96. The predicted molar refractivity (Wildman–Crippen MR) is 66.7 cm³/mol. The van der Waals surface area contributed by atoms with Gasteiger partial charge in [0, 0.05) is 11.9 Å². The number of alkyl halides is 3. The smallest absolute Gasteiger partial charge is 0.313 e. The van der Waals surface area contributed by atoms with Gasteiger partial charge in [0.15, 0.2) is 5.65 Å². The summed E-state index contributed by atoms with van der Waals surface area (Å²) in [6, 6.07) is 6.23. The van der Waals surface area contributed by atoms with Crippen molar-refractivity contribution in [1.29, 1.82) is 0 Å². The summed E-state index contributed by atoms with van der Waals surface area (Å²) in [5.41, 5.74) is -0.108. The van der Waals surface area contributed by atoms with Crippen molar-refractivity contribution in [3.8, 4) is 5.69 Å². The summed E-state index contributed by atoms with van der Waals surface area (Å²) in [5, 5.41) is 0.382. The molecule has 0 spiro atoms. The molecule has 7 heteroatoms. The van der Waals surface area contributed by atoms with Crippen LogP contribution < -0.4 is 5.56 Å². The summed E-state index contributed by atoms with van der Waals surface area (Å²) in [7, 11) is 0. The van der Waals surface area contributed by atoms with Crippen molar-refractivity contribution in [1.82, 2.24) is 14.5 Å². The molecule has 0 bridgehead atoms. The highest BCUT2D eigenvalue weighted by atomic mass is 19.4. The van der Waals surface area contributed by atoms with Crippen molar-refractivity contribution >= 4 is 11.0 Å². The van der Waals surface area contributed by atoms with E-state index in [-0.39, 0.29) is 5.56 Å². The second-order valence-electron chi connectivity index (χ2n) is 4.20. The van der Waals surface area contributed by atoms with Gasteiger partial charge in [0.05, 0.1) is 17.3 Å². The summed E-state index contributed by atoms with van der Waals surface area (Å²) < 4.78 is 39.1. The fourth-order valence-corrected chi connectivity index (χ4v) is 1.98. The molecule has 20 heavy (non-hydrogen) atoms. The van der Waals surface area contributed by atoms with E-state index in [0.717, 1.165) is 12.1 Å². The molecule has 1 N–H and O–H groups in total. The van der Waals surface area contributed by atoms with Gasteiger partial charge < -0.3 is 9.55 Å². The van der Waals surface area contributed by atoms with E-state index in [2.05, 4.69) is 9.97 Å². The fourth-order valence-electron chi connectivity index (χ4n) is 1.98. The first-order valence-corrected chi connectivity index (χ1v) is 5.69. The zero-order valence-corrected chi connectivity index (χ0v) is 9.98. The molecule has 0 fully saturated rings. The fraction of sp³-hybridized carbons (Fsp3) is 0.0769. The molecule has 0 aliphatic carbocycles. The van der Waals surface area contributed by atoms with E-state index in [9.17, 15) is 18.0 Å². The average molecular weight is 279 g/mol. The van der Waals surface area contributed by atoms with Crippen molar-refractivity contribution in [2.75, 3.05) is 0 Å². The number of benzene rings is 1. The Morgan fingerprint density at radius 1 is 1.10 bits per heavy atom. The number of aromatic nitrogens is 3. The van der Waals surface area contributed by atoms with Crippen molar-refractivity contribution < 1.29 is 13.2 Å². The van der Waals surface area contributed by atoms with Gasteiger partial charge >= 0.3 is 6.18 Å². The second-order valence-corrected chi connectivity index (χ2v) is 4.20. The lowest BCUT2D eigenvalue weighted by Crippen LogP contribution is -2.07. The Morgan fingerprint density at radius 3 is 2.45 bits per heavy atom. The maximum Gasteiger partial charge on any atom is 0.416 e. The number of aromatic amines is 1. The highest BCUT2D eigenvalue weighted by Crippen LogP contribution is 2.29. The quantitative estimate of drug-likeness (QED) is 0.744. The minimum absolute atomic E-state index is 0.291. The monoisotopic (exact) mass is 279 g/mol. The SMILES string of the molecule is O=c1[nH]cnc2c1ccn2-c1ccc(C(F)(F)F)cc1. The van der Waals surface area contributed by atoms with Crippen molar-refractivity contribution in [3.05, 3.63) is 58.8 Å². The van der Waals surface area contributed by atoms with Crippen LogP contribution in [0.1, 0.15) is 5.56 Å². The van der Waals surface area contributed by atoms with Gasteiger partial charge in [-0.3, -0.25) is 4.79 Å². The molecule has 0 radical (unpaired) electrons. The van der Waals surface area contributed by atoms with E-state index in [0.29, 0.717) is 16.7 Å². The molecule has 1 aromatic carbocycles. The summed E-state index contributed by atoms with van der Waals surface area (Å²) in [4.78, 5) is 18.0. The van der Waals surface area contributed by atoms with Crippen LogP contribution >= 0.6 is 0 Å². The lowest BCUT2D eigenvalue weighted by molar-refractivity contribution is -0.137. The number of fused-ring (bicyclic) bond motifs is 1. The molecule has 0 amide bonds. The molecule has 0 atom stereocenters. The zero-order chi connectivity index (χ0) is 14.3. The minimum atomic E-state index is -4.37. The molecular weight excluding hydrogens is 271 g/mol. The lowest BCUT2D eigenvalue weighted by Gasteiger charge is -2.08. The first-order chi connectivity index (χ1) is 9.47. The molecule has 0 saturated carbocycles. The van der Waals surface area contributed by atoms with Gasteiger partial charge in [0.2, 0.25) is 0 Å². The van der Waals surface area contributed by atoms with Gasteiger partial charge in [0.1, 0.15) is 0 Å². The predicted octanol–water partition coefficient (Wildman–Crippen LogP) is 2.73. The van der Waals surface area contributed by atoms with Crippen LogP contribution in [0.4, 0.5) is 13.2 Å². The van der Waals surface area contributed by atoms with Crippen LogP contribution in [0, 0.1) is 0 Å². The molecular formula is C13H8F3N3O. The van der Waals surface area contributed by atoms with Crippen molar-refractivity contribution in [2.45, 2.75) is 6.18 Å². The number of H-pyrrole nitrogens is 1. The normalized spacial score (nSPS) is 11.9. The Labute approximate surface area is 110 Å². The molecule has 0 saturated heterocycles. The van der Waals surface area contributed by atoms with Crippen LogP contribution in [0.2, 0.25) is 0 Å². The Kier molecular flexibility index (Phi) is 2.63. The van der Waals surface area contributed by atoms with Gasteiger partial charge in [-0.1, -0.05) is 0 Å². The van der Waals surface area contributed by atoms with E-state index in [1.807, 2.05) is 0 Å². The first kappa shape index (κ1) is 12.5. The number of hydrogen-bond donors (Lipinski definition) is 1. The van der Waals surface area contributed by atoms with E-state index in [1.54, 1.807) is 16.8 Å². The van der Waals surface area contributed by atoms with Crippen LogP contribution in [0.5, 0.6) is 0 Å². The molecule has 3 aromatic rings. The Bertz CT molecular complexity index is 815. The van der Waals surface area contributed by atoms with Crippen molar-refractivity contribution in [2.24, 2.45) is 0 Å². The summed E-state index contributed by atoms with van der Waals surface area (Å²) >= 11 is 0. The van der Waals surface area contributed by atoms with E-state index >= 15 is 0 Å². The number of halogens is 3. The molecule has 4 nitrogen and oxygen atoms in total.